The Morgan fingerprint density at radius 2 is 1.82 bits per heavy atom. The van der Waals surface area contributed by atoms with Crippen molar-refractivity contribution in [2.75, 3.05) is 18.1 Å². The van der Waals surface area contributed by atoms with E-state index in [-0.39, 0.29) is 19.1 Å². The third-order valence-electron chi connectivity index (χ3n) is 2.99. The standard InChI is InChI=1S/C17H14N2O3/c18-10-11-19(15-7-2-1-3-8-15)17(21)13-22-16-9-5-4-6-14(16)12-20/h1-9,12H,11,13H2. The first kappa shape index (κ1) is 15.3. The Kier molecular flexibility index (Phi) is 5.27. The molecule has 2 aromatic rings. The molecule has 0 N–H and O–H groups in total. The summed E-state index contributed by atoms with van der Waals surface area (Å²) in [5, 5.41) is 8.88. The van der Waals surface area contributed by atoms with Gasteiger partial charge in [-0.2, -0.15) is 5.26 Å². The van der Waals surface area contributed by atoms with Crippen LogP contribution in [0, 0.1) is 11.3 Å². The second kappa shape index (κ2) is 7.60. The molecule has 0 aliphatic heterocycles. The second-order valence-corrected chi connectivity index (χ2v) is 4.42. The van der Waals surface area contributed by atoms with Gasteiger partial charge in [-0.05, 0) is 24.3 Å². The zero-order valence-corrected chi connectivity index (χ0v) is 11.8. The number of nitriles is 1. The third-order valence-corrected chi connectivity index (χ3v) is 2.99. The van der Waals surface area contributed by atoms with Gasteiger partial charge in [0.1, 0.15) is 12.3 Å². The highest BCUT2D eigenvalue weighted by Gasteiger charge is 2.16. The number of nitrogens with zero attached hydrogens (tertiary/aromatic N) is 2. The zero-order valence-electron chi connectivity index (χ0n) is 11.8. The summed E-state index contributed by atoms with van der Waals surface area (Å²) in [6.45, 7) is -0.317. The van der Waals surface area contributed by atoms with E-state index in [4.69, 9.17) is 10.00 Å². The van der Waals surface area contributed by atoms with Crippen molar-refractivity contribution in [2.24, 2.45) is 0 Å². The van der Waals surface area contributed by atoms with Gasteiger partial charge in [0.15, 0.2) is 12.9 Å². The van der Waals surface area contributed by atoms with E-state index >= 15 is 0 Å². The van der Waals surface area contributed by atoms with Crippen LogP contribution in [0.5, 0.6) is 5.75 Å². The molecule has 5 nitrogen and oxygen atoms in total. The maximum Gasteiger partial charge on any atom is 0.265 e. The summed E-state index contributed by atoms with van der Waals surface area (Å²) in [5.41, 5.74) is 1.00. The molecule has 0 aliphatic carbocycles. The van der Waals surface area contributed by atoms with Crippen LogP contribution in [0.1, 0.15) is 10.4 Å². The van der Waals surface area contributed by atoms with Gasteiger partial charge in [0, 0.05) is 5.69 Å². The first-order valence-corrected chi connectivity index (χ1v) is 6.65. The lowest BCUT2D eigenvalue weighted by Crippen LogP contribution is -2.35. The number of rotatable bonds is 6. The number of carbonyl (C=O) groups is 2. The van der Waals surface area contributed by atoms with Gasteiger partial charge in [0.2, 0.25) is 0 Å². The van der Waals surface area contributed by atoms with Crippen LogP contribution in [0.3, 0.4) is 0 Å². The predicted molar refractivity (Wildman–Crippen MR) is 81.7 cm³/mol. The van der Waals surface area contributed by atoms with E-state index in [1.54, 1.807) is 48.5 Å². The SMILES string of the molecule is N#CCN(C(=O)COc1ccccc1C=O)c1ccccc1. The van der Waals surface area contributed by atoms with Crippen molar-refractivity contribution in [3.8, 4) is 11.8 Å². The molecule has 0 radical (unpaired) electrons. The fourth-order valence-electron chi connectivity index (χ4n) is 1.93. The van der Waals surface area contributed by atoms with Crippen LogP contribution in [-0.2, 0) is 4.79 Å². The molecule has 5 heteroatoms. The summed E-state index contributed by atoms with van der Waals surface area (Å²) in [6, 6.07) is 17.5. The molecule has 0 aliphatic rings. The summed E-state index contributed by atoms with van der Waals surface area (Å²) in [5.74, 6) is -0.00993. The number of para-hydroxylation sites is 2. The number of anilines is 1. The van der Waals surface area contributed by atoms with Crippen molar-refractivity contribution in [1.82, 2.24) is 0 Å². The van der Waals surface area contributed by atoms with Crippen LogP contribution in [0.4, 0.5) is 5.69 Å². The zero-order chi connectivity index (χ0) is 15.8. The van der Waals surface area contributed by atoms with E-state index in [0.29, 0.717) is 23.3 Å². The molecule has 0 saturated heterocycles. The van der Waals surface area contributed by atoms with Gasteiger partial charge >= 0.3 is 0 Å². The fraction of sp³-hybridized carbons (Fsp3) is 0.118. The highest BCUT2D eigenvalue weighted by Crippen LogP contribution is 2.17. The van der Waals surface area contributed by atoms with Crippen molar-refractivity contribution >= 4 is 17.9 Å². The number of hydrogen-bond acceptors (Lipinski definition) is 4. The highest BCUT2D eigenvalue weighted by atomic mass is 16.5. The van der Waals surface area contributed by atoms with E-state index in [1.165, 1.54) is 4.90 Å². The highest BCUT2D eigenvalue weighted by molar-refractivity contribution is 5.95. The molecule has 0 unspecified atom stereocenters. The van der Waals surface area contributed by atoms with Gasteiger partial charge in [-0.15, -0.1) is 0 Å². The van der Waals surface area contributed by atoms with Crippen molar-refractivity contribution in [3.63, 3.8) is 0 Å². The summed E-state index contributed by atoms with van der Waals surface area (Å²) >= 11 is 0. The molecule has 0 fully saturated rings. The molecule has 110 valence electrons. The number of amides is 1. The predicted octanol–water partition coefficient (Wildman–Crippen LogP) is 2.43. The third kappa shape index (κ3) is 3.70. The summed E-state index contributed by atoms with van der Waals surface area (Å²) in [6.07, 6.45) is 0.671. The van der Waals surface area contributed by atoms with Gasteiger partial charge < -0.3 is 4.74 Å². The summed E-state index contributed by atoms with van der Waals surface area (Å²) in [7, 11) is 0. The fourth-order valence-corrected chi connectivity index (χ4v) is 1.93. The second-order valence-electron chi connectivity index (χ2n) is 4.42. The quantitative estimate of drug-likeness (QED) is 0.606. The molecule has 0 bridgehead atoms. The Morgan fingerprint density at radius 1 is 1.14 bits per heavy atom. The van der Waals surface area contributed by atoms with E-state index < -0.39 is 0 Å². The Morgan fingerprint density at radius 3 is 2.50 bits per heavy atom. The Bertz CT molecular complexity index is 693. The number of carbonyl (C=O) groups excluding carboxylic acids is 2. The Balaban J connectivity index is 2.09. The van der Waals surface area contributed by atoms with Crippen LogP contribution in [0.2, 0.25) is 0 Å². The van der Waals surface area contributed by atoms with E-state index in [0.717, 1.165) is 0 Å². The van der Waals surface area contributed by atoms with Gasteiger partial charge in [-0.1, -0.05) is 30.3 Å². The van der Waals surface area contributed by atoms with Crippen LogP contribution in [0.25, 0.3) is 0 Å². The molecule has 0 aromatic heterocycles. The molecule has 0 spiro atoms. The number of hydrogen-bond donors (Lipinski definition) is 0. The molecule has 1 amide bonds. The molecular weight excluding hydrogens is 280 g/mol. The largest absolute Gasteiger partial charge is 0.483 e. The summed E-state index contributed by atoms with van der Waals surface area (Å²) < 4.78 is 5.41. The Hall–Kier alpha value is -3.13. The topological polar surface area (TPSA) is 70.4 Å². The van der Waals surface area contributed by atoms with Crippen LogP contribution < -0.4 is 9.64 Å². The molecule has 22 heavy (non-hydrogen) atoms. The van der Waals surface area contributed by atoms with Gasteiger partial charge in [-0.3, -0.25) is 14.5 Å². The first-order valence-electron chi connectivity index (χ1n) is 6.65. The number of benzene rings is 2. The number of aldehydes is 1. The molecule has 0 saturated carbocycles. The van der Waals surface area contributed by atoms with Crippen LogP contribution in [-0.4, -0.2) is 25.3 Å². The maximum atomic E-state index is 12.3. The average molecular weight is 294 g/mol. The maximum absolute atomic E-state index is 12.3. The minimum Gasteiger partial charge on any atom is -0.483 e. The lowest BCUT2D eigenvalue weighted by molar-refractivity contribution is -0.120. The van der Waals surface area contributed by atoms with Gasteiger partial charge in [0.25, 0.3) is 5.91 Å². The molecule has 0 atom stereocenters. The smallest absolute Gasteiger partial charge is 0.265 e. The number of ether oxygens (including phenoxy) is 1. The molecule has 2 rings (SSSR count). The van der Waals surface area contributed by atoms with E-state index in [1.807, 2.05) is 12.1 Å². The minimum absolute atomic E-state index is 0.0679. The van der Waals surface area contributed by atoms with Crippen molar-refractivity contribution in [3.05, 3.63) is 60.2 Å². The van der Waals surface area contributed by atoms with Crippen LogP contribution >= 0.6 is 0 Å². The van der Waals surface area contributed by atoms with Crippen LogP contribution in [0.15, 0.2) is 54.6 Å². The van der Waals surface area contributed by atoms with E-state index in [9.17, 15) is 9.59 Å². The molecular formula is C17H14N2O3. The van der Waals surface area contributed by atoms with Crippen molar-refractivity contribution in [1.29, 1.82) is 5.26 Å². The monoisotopic (exact) mass is 294 g/mol. The minimum atomic E-state index is -0.353. The lowest BCUT2D eigenvalue weighted by Gasteiger charge is -2.20. The normalized spacial score (nSPS) is 9.59. The van der Waals surface area contributed by atoms with Gasteiger partial charge in [-0.25, -0.2) is 0 Å². The van der Waals surface area contributed by atoms with E-state index in [2.05, 4.69) is 0 Å². The van der Waals surface area contributed by atoms with Gasteiger partial charge in [0.05, 0.1) is 11.6 Å². The molecule has 2 aromatic carbocycles. The Labute approximate surface area is 128 Å². The summed E-state index contributed by atoms with van der Waals surface area (Å²) in [4.78, 5) is 24.5. The average Bonchev–Trinajstić information content (AvgIpc) is 2.58. The lowest BCUT2D eigenvalue weighted by atomic mass is 10.2. The molecule has 0 heterocycles. The van der Waals surface area contributed by atoms with Crippen molar-refractivity contribution in [2.45, 2.75) is 0 Å². The van der Waals surface area contributed by atoms with Crippen molar-refractivity contribution < 1.29 is 14.3 Å². The first-order chi connectivity index (χ1) is 10.8.